The molecule has 0 fully saturated rings. The average Bonchev–Trinajstić information content (AvgIpc) is 3.42. The number of nitrogens with zero attached hydrogens (tertiary/aromatic N) is 5. The summed E-state index contributed by atoms with van der Waals surface area (Å²) in [5.41, 5.74) is 0.996. The topological polar surface area (TPSA) is 159 Å². The molecule has 10 heteroatoms. The Balaban J connectivity index is 1.33. The van der Waals surface area contributed by atoms with Crippen molar-refractivity contribution in [3.05, 3.63) is 101 Å². The molecular formula is C27H20N6O4. The average molecular weight is 492 g/mol. The van der Waals surface area contributed by atoms with Gasteiger partial charge in [-0.25, -0.2) is 0 Å². The van der Waals surface area contributed by atoms with Gasteiger partial charge in [0.25, 0.3) is 11.8 Å². The summed E-state index contributed by atoms with van der Waals surface area (Å²) in [6.45, 7) is 0. The number of phenolic OH excluding ortho intramolecular Hbond substituents is 2. The zero-order valence-corrected chi connectivity index (χ0v) is 19.2. The van der Waals surface area contributed by atoms with Crippen LogP contribution in [0.2, 0.25) is 0 Å². The van der Waals surface area contributed by atoms with Gasteiger partial charge in [0.2, 0.25) is 0 Å². The second-order valence-electron chi connectivity index (χ2n) is 7.94. The fourth-order valence-electron chi connectivity index (χ4n) is 3.78. The molecule has 0 aliphatic carbocycles. The lowest BCUT2D eigenvalue weighted by Crippen LogP contribution is -1.99. The molecule has 0 saturated heterocycles. The minimum absolute atomic E-state index is 0.00622. The molecule has 0 spiro atoms. The molecule has 182 valence electrons. The van der Waals surface area contributed by atoms with Crippen molar-refractivity contribution in [3.63, 3.8) is 0 Å². The highest BCUT2D eigenvalue weighted by atomic mass is 16.3. The summed E-state index contributed by atoms with van der Waals surface area (Å²) in [5, 5.41) is 65.9. The summed E-state index contributed by atoms with van der Waals surface area (Å²) in [7, 11) is 0. The van der Waals surface area contributed by atoms with E-state index in [0.29, 0.717) is 11.1 Å². The molecule has 0 aliphatic rings. The van der Waals surface area contributed by atoms with E-state index in [2.05, 4.69) is 30.6 Å². The molecule has 0 aliphatic heterocycles. The number of aromatic hydroxyl groups is 2. The maximum atomic E-state index is 10.3. The summed E-state index contributed by atoms with van der Waals surface area (Å²) in [6, 6.07) is 22.9. The van der Waals surface area contributed by atoms with Crippen molar-refractivity contribution in [3.8, 4) is 11.5 Å². The van der Waals surface area contributed by atoms with E-state index in [9.17, 15) is 20.4 Å². The molecule has 10 nitrogen and oxygen atoms in total. The number of H-pyrrole nitrogens is 1. The lowest BCUT2D eigenvalue weighted by Gasteiger charge is -2.03. The van der Waals surface area contributed by atoms with Crippen LogP contribution in [0.25, 0.3) is 21.5 Å². The van der Waals surface area contributed by atoms with Gasteiger partial charge in [-0.15, -0.1) is 10.2 Å². The summed E-state index contributed by atoms with van der Waals surface area (Å²) < 4.78 is 0. The molecule has 5 N–H and O–H groups in total. The first-order valence-electron chi connectivity index (χ1n) is 11.1. The number of phenols is 2. The van der Waals surface area contributed by atoms with Gasteiger partial charge in [0, 0.05) is 17.2 Å². The summed E-state index contributed by atoms with van der Waals surface area (Å²) in [5.74, 6) is -0.959. The third kappa shape index (κ3) is 4.84. The zero-order chi connectivity index (χ0) is 25.8. The number of hydrogen-bond donors (Lipinski definition) is 5. The number of rotatable bonds is 6. The Labute approximate surface area is 209 Å². The molecule has 0 unspecified atom stereocenters. The molecular weight excluding hydrogens is 472 g/mol. The molecule has 5 aromatic rings. The van der Waals surface area contributed by atoms with Gasteiger partial charge in [-0.2, -0.15) is 15.3 Å². The molecule has 5 rings (SSSR count). The third-order valence-electron chi connectivity index (χ3n) is 5.62. The first-order valence-corrected chi connectivity index (χ1v) is 11.1. The molecule has 4 aromatic carbocycles. The Morgan fingerprint density at radius 1 is 0.676 bits per heavy atom. The number of aliphatic hydroxyl groups excluding tert-OH is 2. The van der Waals surface area contributed by atoms with E-state index >= 15 is 0 Å². The second-order valence-corrected chi connectivity index (χ2v) is 7.94. The first kappa shape index (κ1) is 23.2. The van der Waals surface area contributed by atoms with Crippen LogP contribution in [0.3, 0.4) is 0 Å². The Kier molecular flexibility index (Phi) is 6.28. The Bertz CT molecular complexity index is 1610. The second kappa shape index (κ2) is 10.0. The quantitative estimate of drug-likeness (QED) is 0.131. The molecule has 37 heavy (non-hydrogen) atoms. The van der Waals surface area contributed by atoms with Gasteiger partial charge in [-0.3, -0.25) is 5.10 Å². The summed E-state index contributed by atoms with van der Waals surface area (Å²) in [4.78, 5) is 0. The minimum Gasteiger partial charge on any atom is -0.507 e. The number of fused-ring (bicyclic) bond motifs is 2. The maximum Gasteiger partial charge on any atom is 0.259 e. The third-order valence-corrected chi connectivity index (χ3v) is 5.62. The van der Waals surface area contributed by atoms with E-state index in [1.165, 1.54) is 18.5 Å². The Morgan fingerprint density at radius 2 is 1.19 bits per heavy atom. The van der Waals surface area contributed by atoms with E-state index in [1.54, 1.807) is 24.3 Å². The van der Waals surface area contributed by atoms with Crippen molar-refractivity contribution in [2.45, 2.75) is 0 Å². The Morgan fingerprint density at radius 3 is 1.76 bits per heavy atom. The molecule has 0 bridgehead atoms. The van der Waals surface area contributed by atoms with Crippen LogP contribution in [0.15, 0.2) is 99.3 Å². The van der Waals surface area contributed by atoms with Gasteiger partial charge in [0.1, 0.15) is 22.9 Å². The number of benzene rings is 4. The van der Waals surface area contributed by atoms with Crippen molar-refractivity contribution in [2.24, 2.45) is 20.4 Å². The SMILES string of the molecule is O/C(=N\N=C/c1c(O)ccc2ccccc12)c1cc(/C(O)=N\N=C\c2c(O)ccc3ccccc23)n[nH]1. The normalized spacial score (nSPS) is 12.9. The molecule has 1 aromatic heterocycles. The van der Waals surface area contributed by atoms with Crippen LogP contribution in [0.4, 0.5) is 0 Å². The van der Waals surface area contributed by atoms with E-state index < -0.39 is 11.8 Å². The van der Waals surface area contributed by atoms with Gasteiger partial charge in [-0.05, 0) is 33.7 Å². The molecule has 0 saturated carbocycles. The van der Waals surface area contributed by atoms with Crippen LogP contribution in [0, 0.1) is 0 Å². The number of aromatic amines is 1. The number of aliphatic hydroxyl groups is 2. The van der Waals surface area contributed by atoms with Crippen molar-refractivity contribution in [2.75, 3.05) is 0 Å². The van der Waals surface area contributed by atoms with Gasteiger partial charge >= 0.3 is 0 Å². The molecule has 0 radical (unpaired) electrons. The standard InChI is InChI=1S/C27H20N6O4/c34-24-11-9-16-5-1-3-7-18(16)20(24)14-28-32-26(36)22-13-23(31-30-22)27(37)33-29-15-21-19-8-4-2-6-17(19)10-12-25(21)35/h1-15,34-35H,(H,30,31)(H,32,36)(H,33,37)/b28-14-,29-15+. The first-order chi connectivity index (χ1) is 18.0. The van der Waals surface area contributed by atoms with Gasteiger partial charge in [0.05, 0.1) is 12.4 Å². The van der Waals surface area contributed by atoms with E-state index in [-0.39, 0.29) is 22.9 Å². The lowest BCUT2D eigenvalue weighted by molar-refractivity contribution is 0.475. The number of nitrogens with one attached hydrogen (secondary N) is 1. The monoisotopic (exact) mass is 492 g/mol. The van der Waals surface area contributed by atoms with Gasteiger partial charge in [-0.1, -0.05) is 60.7 Å². The van der Waals surface area contributed by atoms with E-state index in [0.717, 1.165) is 21.5 Å². The van der Waals surface area contributed by atoms with Crippen molar-refractivity contribution < 1.29 is 20.4 Å². The van der Waals surface area contributed by atoms with Crippen LogP contribution in [-0.2, 0) is 0 Å². The summed E-state index contributed by atoms with van der Waals surface area (Å²) >= 11 is 0. The van der Waals surface area contributed by atoms with E-state index in [1.807, 2.05) is 48.5 Å². The zero-order valence-electron chi connectivity index (χ0n) is 19.2. The fourth-order valence-corrected chi connectivity index (χ4v) is 3.78. The van der Waals surface area contributed by atoms with Crippen LogP contribution in [0.1, 0.15) is 22.5 Å². The molecule has 1 heterocycles. The number of hydrogen-bond acceptors (Lipinski definition) is 7. The van der Waals surface area contributed by atoms with Crippen LogP contribution >= 0.6 is 0 Å². The minimum atomic E-state index is -0.518. The van der Waals surface area contributed by atoms with Crippen molar-refractivity contribution in [1.29, 1.82) is 0 Å². The van der Waals surface area contributed by atoms with E-state index in [4.69, 9.17) is 0 Å². The molecule has 0 atom stereocenters. The maximum absolute atomic E-state index is 10.3. The fraction of sp³-hybridized carbons (Fsp3) is 0. The van der Waals surface area contributed by atoms with Crippen LogP contribution in [0.5, 0.6) is 11.5 Å². The lowest BCUT2D eigenvalue weighted by atomic mass is 10.0. The van der Waals surface area contributed by atoms with Crippen LogP contribution in [-0.4, -0.2) is 54.8 Å². The van der Waals surface area contributed by atoms with Crippen molar-refractivity contribution >= 4 is 45.8 Å². The number of aromatic nitrogens is 2. The van der Waals surface area contributed by atoms with Crippen LogP contribution < -0.4 is 0 Å². The molecule has 0 amide bonds. The predicted molar refractivity (Wildman–Crippen MR) is 143 cm³/mol. The smallest absolute Gasteiger partial charge is 0.259 e. The largest absolute Gasteiger partial charge is 0.507 e. The van der Waals surface area contributed by atoms with Gasteiger partial charge < -0.3 is 20.4 Å². The Hall–Kier alpha value is -5.51. The highest BCUT2D eigenvalue weighted by Gasteiger charge is 2.11. The predicted octanol–water partition coefficient (Wildman–Crippen LogP) is 4.80. The highest BCUT2D eigenvalue weighted by Crippen LogP contribution is 2.26. The van der Waals surface area contributed by atoms with Crippen molar-refractivity contribution in [1.82, 2.24) is 10.2 Å². The highest BCUT2D eigenvalue weighted by molar-refractivity contribution is 6.04. The summed E-state index contributed by atoms with van der Waals surface area (Å²) in [6.07, 6.45) is 2.67. The van der Waals surface area contributed by atoms with Gasteiger partial charge in [0.15, 0.2) is 0 Å².